The summed E-state index contributed by atoms with van der Waals surface area (Å²) in [6.45, 7) is 2.72. The average Bonchev–Trinajstić information content (AvgIpc) is 3.27. The first-order valence-corrected chi connectivity index (χ1v) is 12.0. The van der Waals surface area contributed by atoms with E-state index in [4.69, 9.17) is 14.2 Å². The Kier molecular flexibility index (Phi) is 8.46. The Hall–Kier alpha value is -4.98. The summed E-state index contributed by atoms with van der Waals surface area (Å²) in [5.41, 5.74) is 1.49. The normalized spacial score (nSPS) is 12.7. The second-order valence-corrected chi connectivity index (χ2v) is 8.28. The van der Waals surface area contributed by atoms with E-state index in [1.54, 1.807) is 54.6 Å². The number of carbonyl (C=O) groups excluding carboxylic acids is 4. The van der Waals surface area contributed by atoms with E-state index in [1.807, 2.05) is 0 Å². The highest BCUT2D eigenvalue weighted by atomic mass is 16.5. The Bertz CT molecular complexity index is 1350. The monoisotopic (exact) mass is 511 g/mol. The lowest BCUT2D eigenvalue weighted by Gasteiger charge is -2.13. The lowest BCUT2D eigenvalue weighted by atomic mass is 10.2. The van der Waals surface area contributed by atoms with E-state index in [2.05, 4.69) is 6.92 Å². The lowest BCUT2D eigenvalue weighted by Crippen LogP contribution is -2.29. The number of hydrogen-bond donors (Lipinski definition) is 0. The van der Waals surface area contributed by atoms with Gasteiger partial charge in [-0.3, -0.25) is 9.59 Å². The largest absolute Gasteiger partial charge is 0.494 e. The Balaban J connectivity index is 1.27. The molecule has 4 rings (SSSR count). The number of benzene rings is 3. The molecule has 3 aromatic carbocycles. The number of carbonyl (C=O) groups is 4. The highest BCUT2D eigenvalue weighted by Crippen LogP contribution is 2.23. The third-order valence-electron chi connectivity index (χ3n) is 5.48. The van der Waals surface area contributed by atoms with Crippen LogP contribution in [0.2, 0.25) is 0 Å². The fourth-order valence-corrected chi connectivity index (χ4v) is 3.47. The number of rotatable bonds is 10. The second-order valence-electron chi connectivity index (χ2n) is 8.28. The van der Waals surface area contributed by atoms with Crippen LogP contribution >= 0.6 is 0 Å². The number of amides is 2. The van der Waals surface area contributed by atoms with E-state index < -0.39 is 23.8 Å². The number of anilines is 1. The van der Waals surface area contributed by atoms with Gasteiger partial charge in [0, 0.05) is 18.2 Å². The first-order valence-electron chi connectivity index (χ1n) is 12.0. The molecule has 0 saturated heterocycles. The van der Waals surface area contributed by atoms with Crippen LogP contribution in [0.5, 0.6) is 17.2 Å². The summed E-state index contributed by atoms with van der Waals surface area (Å²) in [6.07, 6.45) is 7.23. The number of esters is 2. The minimum absolute atomic E-state index is 0.262. The third-order valence-corrected chi connectivity index (χ3v) is 5.48. The van der Waals surface area contributed by atoms with E-state index in [1.165, 1.54) is 42.5 Å². The molecule has 38 heavy (non-hydrogen) atoms. The molecule has 0 spiro atoms. The SMILES string of the molecule is CCCCOc1ccc(C(=O)Oc2ccc(/C=C/C(=O)Oc3ccc(N4C(=O)C=CC4=O)cc3)cc2)cc1. The van der Waals surface area contributed by atoms with Gasteiger partial charge < -0.3 is 14.2 Å². The molecule has 8 nitrogen and oxygen atoms in total. The van der Waals surface area contributed by atoms with Gasteiger partial charge in [-0.05, 0) is 78.7 Å². The Labute approximate surface area is 219 Å². The van der Waals surface area contributed by atoms with Crippen molar-refractivity contribution in [3.8, 4) is 17.2 Å². The molecule has 0 bridgehead atoms. The quantitative estimate of drug-likeness (QED) is 0.122. The van der Waals surface area contributed by atoms with Crippen molar-refractivity contribution in [3.63, 3.8) is 0 Å². The molecule has 0 atom stereocenters. The zero-order valence-corrected chi connectivity index (χ0v) is 20.7. The van der Waals surface area contributed by atoms with E-state index >= 15 is 0 Å². The minimum atomic E-state index is -0.606. The van der Waals surface area contributed by atoms with Gasteiger partial charge in [-0.2, -0.15) is 0 Å². The zero-order chi connectivity index (χ0) is 26.9. The first-order chi connectivity index (χ1) is 18.4. The van der Waals surface area contributed by atoms with Gasteiger partial charge in [-0.25, -0.2) is 14.5 Å². The number of ether oxygens (including phenoxy) is 3. The van der Waals surface area contributed by atoms with Crippen LogP contribution in [0.4, 0.5) is 5.69 Å². The van der Waals surface area contributed by atoms with Gasteiger partial charge in [0.15, 0.2) is 0 Å². The minimum Gasteiger partial charge on any atom is -0.494 e. The van der Waals surface area contributed by atoms with Crippen molar-refractivity contribution in [1.82, 2.24) is 0 Å². The molecule has 2 amide bonds. The molecule has 0 aliphatic carbocycles. The molecular formula is C30H25NO7. The number of nitrogens with zero attached hydrogens (tertiary/aromatic N) is 1. The lowest BCUT2D eigenvalue weighted by molar-refractivity contribution is -0.129. The van der Waals surface area contributed by atoms with Gasteiger partial charge in [0.25, 0.3) is 11.8 Å². The van der Waals surface area contributed by atoms with Crippen molar-refractivity contribution in [1.29, 1.82) is 0 Å². The Morgan fingerprint density at radius 1 is 0.763 bits per heavy atom. The van der Waals surface area contributed by atoms with Crippen molar-refractivity contribution < 1.29 is 33.4 Å². The van der Waals surface area contributed by atoms with Gasteiger partial charge in [-0.1, -0.05) is 25.5 Å². The summed E-state index contributed by atoms with van der Waals surface area (Å²) in [4.78, 5) is 49.1. The Morgan fingerprint density at radius 3 is 1.97 bits per heavy atom. The fourth-order valence-electron chi connectivity index (χ4n) is 3.47. The highest BCUT2D eigenvalue weighted by Gasteiger charge is 2.24. The smallest absolute Gasteiger partial charge is 0.343 e. The zero-order valence-electron chi connectivity index (χ0n) is 20.7. The molecule has 3 aromatic rings. The molecule has 0 aromatic heterocycles. The van der Waals surface area contributed by atoms with Crippen LogP contribution < -0.4 is 19.1 Å². The third kappa shape index (κ3) is 6.82. The van der Waals surface area contributed by atoms with Crippen LogP contribution in [0, 0.1) is 0 Å². The highest BCUT2D eigenvalue weighted by molar-refractivity contribution is 6.28. The maximum absolute atomic E-state index is 12.4. The van der Waals surface area contributed by atoms with Crippen molar-refractivity contribution >= 4 is 35.5 Å². The van der Waals surface area contributed by atoms with Crippen molar-refractivity contribution in [2.24, 2.45) is 0 Å². The number of unbranched alkanes of at least 4 members (excludes halogenated alkanes) is 1. The molecule has 0 fully saturated rings. The predicted molar refractivity (Wildman–Crippen MR) is 141 cm³/mol. The van der Waals surface area contributed by atoms with Gasteiger partial charge >= 0.3 is 11.9 Å². The predicted octanol–water partition coefficient (Wildman–Crippen LogP) is 5.13. The van der Waals surface area contributed by atoms with Crippen LogP contribution in [0.1, 0.15) is 35.7 Å². The van der Waals surface area contributed by atoms with Crippen molar-refractivity contribution in [2.45, 2.75) is 19.8 Å². The van der Waals surface area contributed by atoms with E-state index in [0.29, 0.717) is 34.9 Å². The molecule has 0 radical (unpaired) electrons. The van der Waals surface area contributed by atoms with Crippen LogP contribution in [0.25, 0.3) is 6.08 Å². The van der Waals surface area contributed by atoms with Crippen LogP contribution in [0.3, 0.4) is 0 Å². The molecule has 1 aliphatic heterocycles. The van der Waals surface area contributed by atoms with Crippen molar-refractivity contribution in [2.75, 3.05) is 11.5 Å². The summed E-state index contributed by atoms with van der Waals surface area (Å²) in [7, 11) is 0. The maximum atomic E-state index is 12.4. The summed E-state index contributed by atoms with van der Waals surface area (Å²) in [5, 5.41) is 0. The fraction of sp³-hybridized carbons (Fsp3) is 0.133. The van der Waals surface area contributed by atoms with Gasteiger partial charge in [0.1, 0.15) is 17.2 Å². The van der Waals surface area contributed by atoms with Gasteiger partial charge in [0.05, 0.1) is 17.9 Å². The molecule has 1 aliphatic rings. The van der Waals surface area contributed by atoms with Crippen LogP contribution in [-0.2, 0) is 14.4 Å². The first kappa shape index (κ1) is 26.1. The standard InChI is InChI=1S/C30H25NO7/c1-2-3-20-36-24-13-7-22(8-14-24)30(35)38-26-11-4-21(5-12-26)6-19-29(34)37-25-15-9-23(10-16-25)31-27(32)17-18-28(31)33/h4-19H,2-3,20H2,1H3/b19-6+. The van der Waals surface area contributed by atoms with E-state index in [0.717, 1.165) is 17.7 Å². The maximum Gasteiger partial charge on any atom is 0.343 e. The molecule has 1 heterocycles. The Morgan fingerprint density at radius 2 is 1.34 bits per heavy atom. The molecule has 0 unspecified atom stereocenters. The van der Waals surface area contributed by atoms with Gasteiger partial charge in [0.2, 0.25) is 0 Å². The topological polar surface area (TPSA) is 99.2 Å². The molecule has 8 heteroatoms. The van der Waals surface area contributed by atoms with Crippen LogP contribution in [-0.4, -0.2) is 30.4 Å². The van der Waals surface area contributed by atoms with Gasteiger partial charge in [-0.15, -0.1) is 0 Å². The number of hydrogen-bond acceptors (Lipinski definition) is 7. The van der Waals surface area contributed by atoms with Crippen LogP contribution in [0.15, 0.2) is 91.0 Å². The van der Waals surface area contributed by atoms with E-state index in [9.17, 15) is 19.2 Å². The number of imide groups is 1. The summed E-state index contributed by atoms with van der Waals surface area (Å²) < 4.78 is 16.3. The van der Waals surface area contributed by atoms with Crippen molar-refractivity contribution in [3.05, 3.63) is 102 Å². The summed E-state index contributed by atoms with van der Waals surface area (Å²) in [5.74, 6) is -0.616. The second kappa shape index (κ2) is 12.3. The summed E-state index contributed by atoms with van der Waals surface area (Å²) in [6, 6.07) is 19.5. The average molecular weight is 512 g/mol. The molecule has 0 N–H and O–H groups in total. The molecular weight excluding hydrogens is 486 g/mol. The van der Waals surface area contributed by atoms with E-state index in [-0.39, 0.29) is 5.75 Å². The molecule has 0 saturated carbocycles. The molecule has 192 valence electrons. The summed E-state index contributed by atoms with van der Waals surface area (Å²) >= 11 is 0.